The molecule has 4 aromatic rings. The van der Waals surface area contributed by atoms with Crippen LogP contribution >= 0.6 is 11.6 Å². The van der Waals surface area contributed by atoms with Crippen molar-refractivity contribution in [2.75, 3.05) is 31.1 Å². The molecule has 0 spiro atoms. The van der Waals surface area contributed by atoms with Gasteiger partial charge in [-0.25, -0.2) is 14.2 Å². The third-order valence-corrected chi connectivity index (χ3v) is 7.96. The summed E-state index contributed by atoms with van der Waals surface area (Å²) < 4.78 is 53.3. The maximum atomic E-state index is 14.2. The van der Waals surface area contributed by atoms with Crippen LogP contribution in [0.15, 0.2) is 75.5 Å². The second kappa shape index (κ2) is 11.5. The third kappa shape index (κ3) is 5.35. The first-order chi connectivity index (χ1) is 21.0. The lowest BCUT2D eigenvalue weighted by Crippen LogP contribution is -2.46. The van der Waals surface area contributed by atoms with Crippen LogP contribution in [0.4, 0.5) is 19.1 Å². The summed E-state index contributed by atoms with van der Waals surface area (Å²) in [6, 6.07) is 15.0. The predicted octanol–water partition coefficient (Wildman–Crippen LogP) is 3.35. The van der Waals surface area contributed by atoms with E-state index in [1.54, 1.807) is 47.0 Å². The summed E-state index contributed by atoms with van der Waals surface area (Å²) in [5.74, 6) is -1.99. The van der Waals surface area contributed by atoms with Crippen LogP contribution in [0.2, 0.25) is 5.02 Å². The Morgan fingerprint density at radius 2 is 1.82 bits per heavy atom. The first-order valence-electron chi connectivity index (χ1n) is 13.6. The molecule has 0 amide bonds. The molecule has 0 fully saturated rings. The molecule has 15 heteroatoms. The number of nitrogens with one attached hydrogen (secondary N) is 1. The Morgan fingerprint density at radius 1 is 1.09 bits per heavy atom. The fourth-order valence-corrected chi connectivity index (χ4v) is 5.65. The Labute approximate surface area is 252 Å². The molecule has 0 aliphatic carbocycles. The quantitative estimate of drug-likeness (QED) is 0.295. The first-order valence-corrected chi connectivity index (χ1v) is 14.0. The molecule has 0 radical (unpaired) electrons. The number of halogens is 4. The van der Waals surface area contributed by atoms with Gasteiger partial charge < -0.3 is 19.7 Å². The number of esters is 1. The molecule has 1 unspecified atom stereocenters. The minimum atomic E-state index is -5.39. The fourth-order valence-electron chi connectivity index (χ4n) is 5.45. The van der Waals surface area contributed by atoms with Crippen LogP contribution in [0.1, 0.15) is 18.2 Å². The molecule has 0 bridgehead atoms. The van der Waals surface area contributed by atoms with Crippen LogP contribution in [0.3, 0.4) is 0 Å². The topological polar surface area (TPSA) is 113 Å². The van der Waals surface area contributed by atoms with E-state index in [-0.39, 0.29) is 23.5 Å². The van der Waals surface area contributed by atoms with Gasteiger partial charge in [-0.2, -0.15) is 18.2 Å². The summed E-state index contributed by atoms with van der Waals surface area (Å²) in [4.78, 5) is 46.5. The van der Waals surface area contributed by atoms with E-state index in [1.165, 1.54) is 24.8 Å². The average molecular weight is 631 g/mol. The van der Waals surface area contributed by atoms with Crippen molar-refractivity contribution < 1.29 is 27.4 Å². The molecule has 44 heavy (non-hydrogen) atoms. The Hall–Kier alpha value is -4.56. The van der Waals surface area contributed by atoms with Crippen molar-refractivity contribution in [1.82, 2.24) is 24.0 Å². The van der Waals surface area contributed by atoms with E-state index in [2.05, 4.69) is 5.32 Å². The van der Waals surface area contributed by atoms with Gasteiger partial charge in [0, 0.05) is 37.4 Å². The molecule has 230 valence electrons. The van der Waals surface area contributed by atoms with Crippen LogP contribution in [0, 0.1) is 0 Å². The fraction of sp³-hybridized carbons (Fsp3) is 0.310. The van der Waals surface area contributed by atoms with Crippen LogP contribution in [-0.2, 0) is 23.1 Å². The number of aryl methyl sites for hydroxylation is 1. The van der Waals surface area contributed by atoms with E-state index in [0.29, 0.717) is 34.2 Å². The smallest absolute Gasteiger partial charge is 0.488 e. The van der Waals surface area contributed by atoms with Gasteiger partial charge in [0.1, 0.15) is 12.4 Å². The highest BCUT2D eigenvalue weighted by Gasteiger charge is 2.43. The minimum Gasteiger partial charge on any atom is -0.488 e. The Kier molecular flexibility index (Phi) is 7.72. The zero-order chi connectivity index (χ0) is 31.2. The largest absolute Gasteiger partial charge is 0.491 e. The lowest BCUT2D eigenvalue weighted by Gasteiger charge is -2.23. The number of anilines is 1. The highest BCUT2D eigenvalue weighted by molar-refractivity contribution is 6.31. The zero-order valence-electron chi connectivity index (χ0n) is 23.3. The Morgan fingerprint density at radius 3 is 2.55 bits per heavy atom. The number of aromatic nitrogens is 4. The summed E-state index contributed by atoms with van der Waals surface area (Å²) in [5.41, 5.74) is 0.697. The number of alkyl halides is 3. The summed E-state index contributed by atoms with van der Waals surface area (Å²) in [6.45, 7) is 1.18. The van der Waals surface area contributed by atoms with E-state index in [0.717, 1.165) is 23.2 Å². The van der Waals surface area contributed by atoms with E-state index in [4.69, 9.17) is 26.1 Å². The summed E-state index contributed by atoms with van der Waals surface area (Å²) in [6.07, 6.45) is -6.68. The second-order valence-electron chi connectivity index (χ2n) is 10.3. The van der Waals surface area contributed by atoms with Crippen molar-refractivity contribution in [3.63, 3.8) is 0 Å². The van der Waals surface area contributed by atoms with Crippen molar-refractivity contribution in [3.8, 4) is 5.75 Å². The second-order valence-corrected chi connectivity index (χ2v) is 10.7. The lowest BCUT2D eigenvalue weighted by molar-refractivity contribution is -0.211. The van der Waals surface area contributed by atoms with Crippen LogP contribution in [0.5, 0.6) is 5.75 Å². The molecule has 0 saturated carbocycles. The minimum absolute atomic E-state index is 0.00295. The molecular formula is C29H26ClF3N6O5. The maximum Gasteiger partial charge on any atom is 0.491 e. The van der Waals surface area contributed by atoms with Gasteiger partial charge >= 0.3 is 17.8 Å². The SMILES string of the molecule is Cn1c(=O)n(C(COc2ccccc2)OC(=O)C(F)(F)F)c(=O)c2c1nc(N1CCC3=C1CNC3)n2Cc1ccccc1Cl. The van der Waals surface area contributed by atoms with E-state index in [1.807, 2.05) is 4.90 Å². The average Bonchev–Trinajstić information content (AvgIpc) is 3.71. The highest BCUT2D eigenvalue weighted by Crippen LogP contribution is 2.33. The number of nitrogens with zero attached hydrogens (tertiary/aromatic N) is 5. The number of hydrogen-bond acceptors (Lipinski definition) is 8. The molecule has 11 nitrogen and oxygen atoms in total. The van der Waals surface area contributed by atoms with Crippen molar-refractivity contribution in [2.45, 2.75) is 25.4 Å². The molecule has 2 aromatic carbocycles. The molecular weight excluding hydrogens is 605 g/mol. The number of fused-ring (bicyclic) bond motifs is 1. The normalized spacial score (nSPS) is 15.6. The van der Waals surface area contributed by atoms with Crippen LogP contribution in [-0.4, -0.2) is 57.1 Å². The number of carbonyl (C=O) groups excluding carboxylic acids is 1. The first kappa shape index (κ1) is 29.5. The number of rotatable bonds is 8. The summed E-state index contributed by atoms with van der Waals surface area (Å²) >= 11 is 6.49. The van der Waals surface area contributed by atoms with Gasteiger partial charge in [-0.1, -0.05) is 48.0 Å². The highest BCUT2D eigenvalue weighted by atomic mass is 35.5. The third-order valence-electron chi connectivity index (χ3n) is 7.59. The Balaban J connectivity index is 1.54. The number of ether oxygens (including phenoxy) is 2. The molecule has 0 saturated heterocycles. The molecule has 1 N–H and O–H groups in total. The van der Waals surface area contributed by atoms with Crippen molar-refractivity contribution in [2.24, 2.45) is 7.05 Å². The van der Waals surface area contributed by atoms with E-state index >= 15 is 0 Å². The van der Waals surface area contributed by atoms with Gasteiger partial charge in [-0.15, -0.1) is 0 Å². The molecule has 6 rings (SSSR count). The predicted molar refractivity (Wildman–Crippen MR) is 155 cm³/mol. The van der Waals surface area contributed by atoms with Gasteiger partial charge in [0.25, 0.3) is 5.56 Å². The van der Waals surface area contributed by atoms with E-state index < -0.39 is 36.2 Å². The molecule has 1 atom stereocenters. The molecule has 2 aromatic heterocycles. The van der Waals surface area contributed by atoms with Crippen molar-refractivity contribution >= 4 is 34.7 Å². The maximum absolute atomic E-state index is 14.2. The zero-order valence-corrected chi connectivity index (χ0v) is 24.1. The summed E-state index contributed by atoms with van der Waals surface area (Å²) in [7, 11) is 1.34. The number of imidazole rings is 1. The number of benzene rings is 2. The number of hydrogen-bond donors (Lipinski definition) is 1. The monoisotopic (exact) mass is 630 g/mol. The van der Waals surface area contributed by atoms with Gasteiger partial charge in [0.05, 0.1) is 6.54 Å². The van der Waals surface area contributed by atoms with E-state index in [9.17, 15) is 27.6 Å². The Bertz CT molecular complexity index is 1900. The van der Waals surface area contributed by atoms with Gasteiger partial charge in [0.15, 0.2) is 11.2 Å². The molecule has 4 heterocycles. The van der Waals surface area contributed by atoms with Crippen molar-refractivity contribution in [1.29, 1.82) is 0 Å². The summed E-state index contributed by atoms with van der Waals surface area (Å²) in [5, 5.41) is 3.72. The van der Waals surface area contributed by atoms with Crippen LogP contribution in [0.25, 0.3) is 11.2 Å². The van der Waals surface area contributed by atoms with Gasteiger partial charge in [-0.3, -0.25) is 13.9 Å². The van der Waals surface area contributed by atoms with Gasteiger partial charge in [0.2, 0.25) is 12.2 Å². The van der Waals surface area contributed by atoms with Crippen molar-refractivity contribution in [3.05, 3.63) is 97.3 Å². The van der Waals surface area contributed by atoms with Crippen LogP contribution < -0.4 is 26.2 Å². The number of carbonyl (C=O) groups is 1. The van der Waals surface area contributed by atoms with Gasteiger partial charge in [-0.05, 0) is 35.8 Å². The lowest BCUT2D eigenvalue weighted by atomic mass is 10.2. The standard InChI is InChI=1S/C29H26ClF3N6O5/c1-36-24-23(25(40)39(28(36)42)22(44-26(41)29(31,32)33)16-43-19-8-3-2-4-9-19)38(15-18-7-5-6-10-20(18)30)27(35-24)37-12-11-17-13-34-14-21(17)37/h2-10,22,34H,11-16H2,1H3. The molecule has 2 aliphatic rings. The molecule has 2 aliphatic heterocycles. The number of para-hydroxylation sites is 1.